The van der Waals surface area contributed by atoms with Gasteiger partial charge in [-0.2, -0.15) is 0 Å². The monoisotopic (exact) mass is 362 g/mol. The van der Waals surface area contributed by atoms with E-state index in [1.165, 1.54) is 36.1 Å². The SMILES string of the molecule is CCCC(CC)COc1cc(C)c(-n2ccnc2-c2ccccc2)c(C)c1. The van der Waals surface area contributed by atoms with Crippen molar-refractivity contribution in [2.45, 2.75) is 47.0 Å². The summed E-state index contributed by atoms with van der Waals surface area (Å²) in [6, 6.07) is 14.6. The maximum Gasteiger partial charge on any atom is 0.144 e. The fraction of sp³-hybridized carbons (Fsp3) is 0.375. The van der Waals surface area contributed by atoms with E-state index in [2.05, 4.69) is 61.5 Å². The van der Waals surface area contributed by atoms with Crippen LogP contribution in [0, 0.1) is 19.8 Å². The second-order valence-electron chi connectivity index (χ2n) is 7.27. The van der Waals surface area contributed by atoms with E-state index in [0.717, 1.165) is 23.7 Å². The first-order valence-electron chi connectivity index (χ1n) is 9.97. The maximum atomic E-state index is 6.14. The normalized spacial score (nSPS) is 12.1. The third-order valence-electron chi connectivity index (χ3n) is 5.14. The Morgan fingerprint density at radius 1 is 1.04 bits per heavy atom. The summed E-state index contributed by atoms with van der Waals surface area (Å²) in [6.07, 6.45) is 7.50. The third kappa shape index (κ3) is 4.41. The molecule has 0 radical (unpaired) electrons. The van der Waals surface area contributed by atoms with Crippen LogP contribution in [0.5, 0.6) is 5.75 Å². The van der Waals surface area contributed by atoms with E-state index < -0.39 is 0 Å². The molecule has 3 aromatic rings. The molecule has 2 aromatic carbocycles. The van der Waals surface area contributed by atoms with E-state index in [-0.39, 0.29) is 0 Å². The summed E-state index contributed by atoms with van der Waals surface area (Å²) in [5.74, 6) is 2.56. The number of hydrogen-bond donors (Lipinski definition) is 0. The minimum absolute atomic E-state index is 0.633. The Morgan fingerprint density at radius 3 is 2.37 bits per heavy atom. The van der Waals surface area contributed by atoms with Crippen LogP contribution in [0.1, 0.15) is 44.2 Å². The lowest BCUT2D eigenvalue weighted by Crippen LogP contribution is -2.11. The Labute approximate surface area is 163 Å². The first-order chi connectivity index (χ1) is 13.1. The minimum Gasteiger partial charge on any atom is -0.493 e. The van der Waals surface area contributed by atoms with Crippen molar-refractivity contribution in [3.05, 3.63) is 66.0 Å². The molecule has 0 bridgehead atoms. The number of ether oxygens (including phenoxy) is 1. The fourth-order valence-corrected chi connectivity index (χ4v) is 3.69. The second-order valence-corrected chi connectivity index (χ2v) is 7.27. The largest absolute Gasteiger partial charge is 0.493 e. The Morgan fingerprint density at radius 2 is 1.74 bits per heavy atom. The highest BCUT2D eigenvalue weighted by Gasteiger charge is 2.14. The quantitative estimate of drug-likeness (QED) is 0.466. The van der Waals surface area contributed by atoms with Crippen LogP contribution in [0.25, 0.3) is 17.1 Å². The lowest BCUT2D eigenvalue weighted by Gasteiger charge is -2.18. The van der Waals surface area contributed by atoms with E-state index in [0.29, 0.717) is 5.92 Å². The van der Waals surface area contributed by atoms with E-state index in [4.69, 9.17) is 4.74 Å². The zero-order valence-corrected chi connectivity index (χ0v) is 16.9. The van der Waals surface area contributed by atoms with Gasteiger partial charge in [0.05, 0.1) is 12.3 Å². The molecule has 0 aliphatic heterocycles. The molecule has 0 saturated carbocycles. The topological polar surface area (TPSA) is 27.1 Å². The van der Waals surface area contributed by atoms with Gasteiger partial charge in [-0.05, 0) is 49.4 Å². The highest BCUT2D eigenvalue weighted by atomic mass is 16.5. The Kier molecular flexibility index (Phi) is 6.33. The van der Waals surface area contributed by atoms with Crippen molar-refractivity contribution in [3.63, 3.8) is 0 Å². The van der Waals surface area contributed by atoms with Crippen LogP contribution in [0.2, 0.25) is 0 Å². The predicted molar refractivity (Wildman–Crippen MR) is 113 cm³/mol. The van der Waals surface area contributed by atoms with Crippen LogP contribution in [-0.2, 0) is 0 Å². The molecule has 0 amide bonds. The number of aryl methyl sites for hydroxylation is 2. The molecule has 3 heteroatoms. The summed E-state index contributed by atoms with van der Waals surface area (Å²) < 4.78 is 8.31. The summed E-state index contributed by atoms with van der Waals surface area (Å²) in [5.41, 5.74) is 4.69. The number of rotatable bonds is 8. The average molecular weight is 363 g/mol. The third-order valence-corrected chi connectivity index (χ3v) is 5.14. The van der Waals surface area contributed by atoms with E-state index >= 15 is 0 Å². The van der Waals surface area contributed by atoms with Gasteiger partial charge in [0, 0.05) is 18.0 Å². The van der Waals surface area contributed by atoms with Gasteiger partial charge in [-0.3, -0.25) is 4.57 Å². The van der Waals surface area contributed by atoms with Crippen molar-refractivity contribution < 1.29 is 4.74 Å². The van der Waals surface area contributed by atoms with Crippen LogP contribution in [-0.4, -0.2) is 16.2 Å². The Bertz CT molecular complexity index is 844. The molecule has 0 aliphatic carbocycles. The molecule has 1 heterocycles. The standard InChI is InChI=1S/C24H30N2O/c1-5-10-20(6-2)17-27-22-15-18(3)23(19(4)16-22)26-14-13-25-24(26)21-11-8-7-9-12-21/h7-9,11-16,20H,5-6,10,17H2,1-4H3. The van der Waals surface area contributed by atoms with Gasteiger partial charge in [-0.1, -0.05) is 57.0 Å². The van der Waals surface area contributed by atoms with Gasteiger partial charge in [-0.25, -0.2) is 4.98 Å². The first kappa shape index (κ1) is 19.2. The van der Waals surface area contributed by atoms with Gasteiger partial charge in [-0.15, -0.1) is 0 Å². The maximum absolute atomic E-state index is 6.14. The van der Waals surface area contributed by atoms with Gasteiger partial charge >= 0.3 is 0 Å². The summed E-state index contributed by atoms with van der Waals surface area (Å²) in [5, 5.41) is 0. The van der Waals surface area contributed by atoms with Gasteiger partial charge in [0.25, 0.3) is 0 Å². The van der Waals surface area contributed by atoms with E-state index in [1.807, 2.05) is 30.6 Å². The molecule has 1 atom stereocenters. The number of imidazole rings is 1. The number of nitrogens with zero attached hydrogens (tertiary/aromatic N) is 2. The van der Waals surface area contributed by atoms with Gasteiger partial charge in [0.1, 0.15) is 11.6 Å². The fourth-order valence-electron chi connectivity index (χ4n) is 3.69. The number of aromatic nitrogens is 2. The first-order valence-corrected chi connectivity index (χ1v) is 9.97. The summed E-state index contributed by atoms with van der Waals surface area (Å²) in [7, 11) is 0. The Hall–Kier alpha value is -2.55. The van der Waals surface area contributed by atoms with Crippen molar-refractivity contribution in [1.29, 1.82) is 0 Å². The molecule has 3 rings (SSSR count). The summed E-state index contributed by atoms with van der Waals surface area (Å²) in [6.45, 7) is 9.57. The van der Waals surface area contributed by atoms with Crippen molar-refractivity contribution >= 4 is 0 Å². The van der Waals surface area contributed by atoms with Crippen LogP contribution in [0.4, 0.5) is 0 Å². The minimum atomic E-state index is 0.633. The molecule has 0 saturated heterocycles. The van der Waals surface area contributed by atoms with Crippen LogP contribution >= 0.6 is 0 Å². The van der Waals surface area contributed by atoms with Crippen LogP contribution in [0.15, 0.2) is 54.9 Å². The summed E-state index contributed by atoms with van der Waals surface area (Å²) >= 11 is 0. The molecule has 1 aromatic heterocycles. The highest BCUT2D eigenvalue weighted by Crippen LogP contribution is 2.29. The molecule has 142 valence electrons. The molecule has 1 unspecified atom stereocenters. The molecule has 0 spiro atoms. The van der Waals surface area contributed by atoms with Crippen molar-refractivity contribution in [2.24, 2.45) is 5.92 Å². The van der Waals surface area contributed by atoms with Crippen molar-refractivity contribution in [3.8, 4) is 22.8 Å². The lowest BCUT2D eigenvalue weighted by molar-refractivity contribution is 0.235. The second kappa shape index (κ2) is 8.90. The van der Waals surface area contributed by atoms with Gasteiger partial charge in [0.2, 0.25) is 0 Å². The molecule has 0 fully saturated rings. The van der Waals surface area contributed by atoms with Crippen molar-refractivity contribution in [1.82, 2.24) is 9.55 Å². The summed E-state index contributed by atoms with van der Waals surface area (Å²) in [4.78, 5) is 4.59. The zero-order valence-electron chi connectivity index (χ0n) is 16.9. The van der Waals surface area contributed by atoms with Gasteiger partial charge < -0.3 is 4.74 Å². The molecule has 3 nitrogen and oxygen atoms in total. The van der Waals surface area contributed by atoms with Gasteiger partial charge in [0.15, 0.2) is 0 Å². The van der Waals surface area contributed by atoms with Crippen LogP contribution < -0.4 is 4.74 Å². The van der Waals surface area contributed by atoms with Crippen LogP contribution in [0.3, 0.4) is 0 Å². The van der Waals surface area contributed by atoms with Crippen molar-refractivity contribution in [2.75, 3.05) is 6.61 Å². The smallest absolute Gasteiger partial charge is 0.144 e. The molecular weight excluding hydrogens is 332 g/mol. The predicted octanol–water partition coefficient (Wildman–Crippen LogP) is 6.36. The molecular formula is C24H30N2O. The average Bonchev–Trinajstić information content (AvgIpc) is 3.14. The number of hydrogen-bond acceptors (Lipinski definition) is 2. The van der Waals surface area contributed by atoms with E-state index in [9.17, 15) is 0 Å². The zero-order chi connectivity index (χ0) is 19.2. The molecule has 27 heavy (non-hydrogen) atoms. The van der Waals surface area contributed by atoms with E-state index in [1.54, 1.807) is 0 Å². The molecule has 0 aliphatic rings. The lowest BCUT2D eigenvalue weighted by atomic mass is 10.0. The molecule has 0 N–H and O–H groups in total. The Balaban J connectivity index is 1.88. The number of benzene rings is 2. The highest BCUT2D eigenvalue weighted by molar-refractivity contribution is 5.62.